The first kappa shape index (κ1) is 15.4. The van der Waals surface area contributed by atoms with Gasteiger partial charge in [0.05, 0.1) is 11.3 Å². The first-order chi connectivity index (χ1) is 9.70. The van der Waals surface area contributed by atoms with Crippen molar-refractivity contribution in [3.63, 3.8) is 0 Å². The number of aryl methyl sites for hydroxylation is 1. The zero-order valence-electron chi connectivity index (χ0n) is 12.8. The quantitative estimate of drug-likeness (QED) is 0.860. The molecule has 2 rings (SSSR count). The lowest BCUT2D eigenvalue weighted by Gasteiger charge is -2.37. The predicted molar refractivity (Wildman–Crippen MR) is 79.9 cm³/mol. The molecule has 0 aromatic heterocycles. The van der Waals surface area contributed by atoms with Crippen molar-refractivity contribution in [3.05, 3.63) is 29.3 Å². The summed E-state index contributed by atoms with van der Waals surface area (Å²) < 4.78 is 5.43. The van der Waals surface area contributed by atoms with E-state index in [2.05, 4.69) is 0 Å². The molecule has 114 valence electrons. The summed E-state index contributed by atoms with van der Waals surface area (Å²) in [7, 11) is 0. The lowest BCUT2D eigenvalue weighted by atomic mass is 9.94. The van der Waals surface area contributed by atoms with Gasteiger partial charge in [-0.25, -0.2) is 9.59 Å². The molecule has 0 saturated carbocycles. The molecular formula is C16H21NO4. The number of hydrogen-bond acceptors (Lipinski definition) is 3. The fraction of sp³-hybridized carbons (Fsp3) is 0.500. The maximum absolute atomic E-state index is 12.5. The fourth-order valence-electron chi connectivity index (χ4n) is 2.55. The molecule has 0 aliphatic carbocycles. The first-order valence-electron chi connectivity index (χ1n) is 7.08. The highest BCUT2D eigenvalue weighted by atomic mass is 16.6. The Balaban J connectivity index is 2.49. The number of ether oxygens (including phenoxy) is 1. The lowest BCUT2D eigenvalue weighted by molar-refractivity contribution is 0.0563. The van der Waals surface area contributed by atoms with Crippen LogP contribution in [0.4, 0.5) is 10.5 Å². The van der Waals surface area contributed by atoms with Gasteiger partial charge in [0.25, 0.3) is 0 Å². The number of fused-ring (bicyclic) bond motifs is 1. The number of amides is 1. The molecule has 1 aromatic rings. The van der Waals surface area contributed by atoms with Gasteiger partial charge < -0.3 is 9.84 Å². The highest BCUT2D eigenvalue weighted by Gasteiger charge is 2.34. The maximum Gasteiger partial charge on any atom is 0.415 e. The van der Waals surface area contributed by atoms with Gasteiger partial charge in [0.1, 0.15) is 5.60 Å². The van der Waals surface area contributed by atoms with E-state index in [9.17, 15) is 14.7 Å². The molecule has 1 aliphatic rings. The number of nitrogens with zero attached hydrogens (tertiary/aromatic N) is 1. The van der Waals surface area contributed by atoms with Crippen LogP contribution in [0.3, 0.4) is 0 Å². The van der Waals surface area contributed by atoms with E-state index in [1.165, 1.54) is 11.0 Å². The Hall–Kier alpha value is -2.04. The van der Waals surface area contributed by atoms with Crippen LogP contribution in [-0.4, -0.2) is 28.8 Å². The van der Waals surface area contributed by atoms with Gasteiger partial charge in [-0.1, -0.05) is 12.1 Å². The van der Waals surface area contributed by atoms with E-state index >= 15 is 0 Å². The molecular weight excluding hydrogens is 270 g/mol. The van der Waals surface area contributed by atoms with E-state index in [0.717, 1.165) is 18.4 Å². The molecule has 0 unspecified atom stereocenters. The van der Waals surface area contributed by atoms with E-state index in [0.29, 0.717) is 5.69 Å². The summed E-state index contributed by atoms with van der Waals surface area (Å²) in [6.45, 7) is 7.29. The minimum atomic E-state index is -1.03. The van der Waals surface area contributed by atoms with Crippen LogP contribution in [0.5, 0.6) is 0 Å². The summed E-state index contributed by atoms with van der Waals surface area (Å²) in [5.41, 5.74) is 0.869. The van der Waals surface area contributed by atoms with Crippen molar-refractivity contribution in [2.75, 3.05) is 4.90 Å². The van der Waals surface area contributed by atoms with Gasteiger partial charge >= 0.3 is 12.1 Å². The monoisotopic (exact) mass is 291 g/mol. The molecule has 0 spiro atoms. The molecule has 0 bridgehead atoms. The van der Waals surface area contributed by atoms with Crippen LogP contribution in [-0.2, 0) is 11.2 Å². The minimum Gasteiger partial charge on any atom is -0.478 e. The second kappa shape index (κ2) is 5.39. The van der Waals surface area contributed by atoms with Gasteiger partial charge in [-0.3, -0.25) is 4.90 Å². The lowest BCUT2D eigenvalue weighted by Crippen LogP contribution is -2.45. The number of hydrogen-bond donors (Lipinski definition) is 1. The van der Waals surface area contributed by atoms with Gasteiger partial charge in [0.15, 0.2) is 0 Å². The molecule has 21 heavy (non-hydrogen) atoms. The maximum atomic E-state index is 12.5. The van der Waals surface area contributed by atoms with Crippen LogP contribution in [0.25, 0.3) is 0 Å². The Morgan fingerprint density at radius 1 is 1.33 bits per heavy atom. The summed E-state index contributed by atoms with van der Waals surface area (Å²) in [5, 5.41) is 9.38. The van der Waals surface area contributed by atoms with Gasteiger partial charge in [0.2, 0.25) is 0 Å². The predicted octanol–water partition coefficient (Wildman–Crippen LogP) is 3.46. The van der Waals surface area contributed by atoms with Crippen molar-refractivity contribution in [1.82, 2.24) is 0 Å². The molecule has 1 atom stereocenters. The van der Waals surface area contributed by atoms with Crippen molar-refractivity contribution in [2.45, 2.75) is 52.2 Å². The second-order valence-electron chi connectivity index (χ2n) is 6.36. The number of carbonyl (C=O) groups is 2. The van der Waals surface area contributed by atoms with Crippen LogP contribution in [0.15, 0.2) is 18.2 Å². The van der Waals surface area contributed by atoms with E-state index in [4.69, 9.17) is 4.74 Å². The highest BCUT2D eigenvalue weighted by molar-refractivity contribution is 6.01. The summed E-state index contributed by atoms with van der Waals surface area (Å²) in [6, 6.07) is 5.01. The van der Waals surface area contributed by atoms with Crippen LogP contribution >= 0.6 is 0 Å². The smallest absolute Gasteiger partial charge is 0.415 e. The molecule has 1 aliphatic heterocycles. The zero-order chi connectivity index (χ0) is 15.8. The van der Waals surface area contributed by atoms with Crippen molar-refractivity contribution in [3.8, 4) is 0 Å². The van der Waals surface area contributed by atoms with Crippen LogP contribution < -0.4 is 4.90 Å². The topological polar surface area (TPSA) is 66.8 Å². The van der Waals surface area contributed by atoms with Gasteiger partial charge in [-0.2, -0.15) is 0 Å². The molecule has 1 aromatic carbocycles. The molecule has 1 amide bonds. The number of aromatic carboxylic acids is 1. The Morgan fingerprint density at radius 3 is 2.57 bits per heavy atom. The summed E-state index contributed by atoms with van der Waals surface area (Å²) in [6.07, 6.45) is 1.05. The van der Waals surface area contributed by atoms with E-state index in [1.54, 1.807) is 26.8 Å². The van der Waals surface area contributed by atoms with Crippen molar-refractivity contribution >= 4 is 17.7 Å². The fourth-order valence-corrected chi connectivity index (χ4v) is 2.55. The molecule has 5 heteroatoms. The van der Waals surface area contributed by atoms with Gasteiger partial charge in [0, 0.05) is 6.04 Å². The standard InChI is InChI=1S/C16H21NO4/c1-10-8-9-11-6-5-7-12(14(18)19)13(11)17(10)15(20)21-16(2,3)4/h5-7,10H,8-9H2,1-4H3,(H,18,19)/t10-/m0/s1. The molecule has 0 radical (unpaired) electrons. The molecule has 0 fully saturated rings. The normalized spacial score (nSPS) is 18.1. The summed E-state index contributed by atoms with van der Waals surface area (Å²) >= 11 is 0. The molecule has 0 saturated heterocycles. The Kier molecular flexibility index (Phi) is 3.94. The number of para-hydroxylation sites is 1. The van der Waals surface area contributed by atoms with Crippen LogP contribution in [0, 0.1) is 0 Å². The summed E-state index contributed by atoms with van der Waals surface area (Å²) in [4.78, 5) is 25.4. The van der Waals surface area contributed by atoms with Crippen LogP contribution in [0.2, 0.25) is 0 Å². The number of anilines is 1. The number of carbonyl (C=O) groups excluding carboxylic acids is 1. The average molecular weight is 291 g/mol. The zero-order valence-corrected chi connectivity index (χ0v) is 12.8. The van der Waals surface area contributed by atoms with E-state index in [1.807, 2.05) is 13.0 Å². The Labute approximate surface area is 124 Å². The van der Waals surface area contributed by atoms with Crippen molar-refractivity contribution in [1.29, 1.82) is 0 Å². The van der Waals surface area contributed by atoms with E-state index < -0.39 is 17.7 Å². The highest BCUT2D eigenvalue weighted by Crippen LogP contribution is 2.35. The third kappa shape index (κ3) is 3.17. The second-order valence-corrected chi connectivity index (χ2v) is 6.36. The molecule has 1 heterocycles. The number of rotatable bonds is 1. The minimum absolute atomic E-state index is 0.0900. The molecule has 1 N–H and O–H groups in total. The van der Waals surface area contributed by atoms with Crippen LogP contribution in [0.1, 0.15) is 50.0 Å². The number of carboxylic acids is 1. The van der Waals surface area contributed by atoms with Crippen molar-refractivity contribution < 1.29 is 19.4 Å². The third-order valence-electron chi connectivity index (χ3n) is 3.45. The van der Waals surface area contributed by atoms with Gasteiger partial charge in [-0.15, -0.1) is 0 Å². The van der Waals surface area contributed by atoms with Gasteiger partial charge in [-0.05, 0) is 52.2 Å². The van der Waals surface area contributed by atoms with Crippen molar-refractivity contribution in [2.24, 2.45) is 0 Å². The third-order valence-corrected chi connectivity index (χ3v) is 3.45. The Morgan fingerprint density at radius 2 is 2.00 bits per heavy atom. The summed E-state index contributed by atoms with van der Waals surface area (Å²) in [5.74, 6) is -1.03. The molecule has 5 nitrogen and oxygen atoms in total. The SMILES string of the molecule is C[C@H]1CCc2cccc(C(=O)O)c2N1C(=O)OC(C)(C)C. The number of carboxylic acid groups (broad SMARTS) is 1. The average Bonchev–Trinajstić information content (AvgIpc) is 2.35. The van der Waals surface area contributed by atoms with E-state index in [-0.39, 0.29) is 11.6 Å². The Bertz CT molecular complexity index is 574. The first-order valence-corrected chi connectivity index (χ1v) is 7.08. The number of benzene rings is 1. The largest absolute Gasteiger partial charge is 0.478 e.